The van der Waals surface area contributed by atoms with Crippen LogP contribution < -0.4 is 5.73 Å². The van der Waals surface area contributed by atoms with Crippen LogP contribution in [0.1, 0.15) is 62.2 Å². The molecular weight excluding hydrogens is 290 g/mol. The molecule has 1 aromatic carbocycles. The largest absolute Gasteiger partial charge is 0.399 e. The predicted molar refractivity (Wildman–Crippen MR) is 80.9 cm³/mol. The van der Waals surface area contributed by atoms with Crippen molar-refractivity contribution in [2.75, 3.05) is 5.73 Å². The SMILES string of the molecule is CCCCCCCCC(=O)c1cc(N)cc(Br)c1. The van der Waals surface area contributed by atoms with E-state index in [1.54, 1.807) is 6.07 Å². The van der Waals surface area contributed by atoms with Crippen molar-refractivity contribution in [1.82, 2.24) is 0 Å². The van der Waals surface area contributed by atoms with Gasteiger partial charge in [0.1, 0.15) is 0 Å². The van der Waals surface area contributed by atoms with Crippen LogP contribution in [0.15, 0.2) is 22.7 Å². The van der Waals surface area contributed by atoms with Crippen molar-refractivity contribution in [2.24, 2.45) is 0 Å². The Labute approximate surface area is 118 Å². The van der Waals surface area contributed by atoms with Crippen LogP contribution in [0.2, 0.25) is 0 Å². The van der Waals surface area contributed by atoms with E-state index in [-0.39, 0.29) is 5.78 Å². The first-order valence-corrected chi connectivity index (χ1v) is 7.52. The van der Waals surface area contributed by atoms with Crippen LogP contribution in [0.25, 0.3) is 0 Å². The highest BCUT2D eigenvalue weighted by Gasteiger charge is 2.07. The van der Waals surface area contributed by atoms with Gasteiger partial charge in [-0.3, -0.25) is 4.79 Å². The molecule has 0 aliphatic carbocycles. The fraction of sp³-hybridized carbons (Fsp3) is 0.533. The third kappa shape index (κ3) is 5.67. The van der Waals surface area contributed by atoms with Gasteiger partial charge in [0.05, 0.1) is 0 Å². The lowest BCUT2D eigenvalue weighted by Crippen LogP contribution is -2.00. The molecule has 0 unspecified atom stereocenters. The summed E-state index contributed by atoms with van der Waals surface area (Å²) in [6.07, 6.45) is 7.84. The second kappa shape index (κ2) is 8.30. The molecule has 0 amide bonds. The third-order valence-corrected chi connectivity index (χ3v) is 3.46. The molecule has 0 saturated carbocycles. The maximum absolute atomic E-state index is 12.0. The van der Waals surface area contributed by atoms with Crippen molar-refractivity contribution in [1.29, 1.82) is 0 Å². The first kappa shape index (κ1) is 15.2. The van der Waals surface area contributed by atoms with Gasteiger partial charge in [-0.05, 0) is 24.6 Å². The summed E-state index contributed by atoms with van der Waals surface area (Å²) in [5, 5.41) is 0. The molecule has 1 rings (SSSR count). The molecule has 0 aliphatic rings. The van der Waals surface area contributed by atoms with Crippen LogP contribution in [0.3, 0.4) is 0 Å². The number of ketones is 1. The molecule has 0 bridgehead atoms. The molecule has 0 aromatic heterocycles. The Morgan fingerprint density at radius 2 is 1.78 bits per heavy atom. The quantitative estimate of drug-likeness (QED) is 0.418. The number of nitrogen functional groups attached to an aromatic ring is 1. The zero-order valence-electron chi connectivity index (χ0n) is 11.0. The van der Waals surface area contributed by atoms with E-state index in [4.69, 9.17) is 5.73 Å². The summed E-state index contributed by atoms with van der Waals surface area (Å²) in [7, 11) is 0. The van der Waals surface area contributed by atoms with Gasteiger partial charge in [0, 0.05) is 22.1 Å². The second-order valence-electron chi connectivity index (χ2n) is 4.71. The highest BCUT2D eigenvalue weighted by molar-refractivity contribution is 9.10. The minimum absolute atomic E-state index is 0.193. The molecule has 0 radical (unpaired) electrons. The van der Waals surface area contributed by atoms with E-state index in [1.165, 1.54) is 25.7 Å². The van der Waals surface area contributed by atoms with Gasteiger partial charge in [-0.2, -0.15) is 0 Å². The van der Waals surface area contributed by atoms with Crippen molar-refractivity contribution in [3.63, 3.8) is 0 Å². The molecule has 100 valence electrons. The number of hydrogen-bond donors (Lipinski definition) is 1. The van der Waals surface area contributed by atoms with Crippen LogP contribution in [0, 0.1) is 0 Å². The Morgan fingerprint density at radius 1 is 1.11 bits per heavy atom. The predicted octanol–water partition coefficient (Wildman–Crippen LogP) is 4.96. The molecule has 0 saturated heterocycles. The van der Waals surface area contributed by atoms with Gasteiger partial charge in [-0.1, -0.05) is 55.0 Å². The molecule has 0 atom stereocenters. The number of anilines is 1. The smallest absolute Gasteiger partial charge is 0.162 e. The van der Waals surface area contributed by atoms with Crippen molar-refractivity contribution in [3.8, 4) is 0 Å². The minimum Gasteiger partial charge on any atom is -0.399 e. The minimum atomic E-state index is 0.193. The van der Waals surface area contributed by atoms with Gasteiger partial charge in [0.25, 0.3) is 0 Å². The first-order valence-electron chi connectivity index (χ1n) is 6.72. The summed E-state index contributed by atoms with van der Waals surface area (Å²) < 4.78 is 0.869. The van der Waals surface area contributed by atoms with Crippen molar-refractivity contribution >= 4 is 27.4 Å². The second-order valence-corrected chi connectivity index (χ2v) is 5.63. The fourth-order valence-corrected chi connectivity index (χ4v) is 2.49. The molecule has 2 nitrogen and oxygen atoms in total. The molecular formula is C15H22BrNO. The number of carbonyl (C=O) groups is 1. The number of Topliss-reactive ketones (excluding diaryl/α,β-unsaturated/α-hetero) is 1. The molecule has 2 N–H and O–H groups in total. The van der Waals surface area contributed by atoms with Crippen LogP contribution in [0.4, 0.5) is 5.69 Å². The molecule has 0 aliphatic heterocycles. The van der Waals surface area contributed by atoms with Crippen LogP contribution >= 0.6 is 15.9 Å². The number of hydrogen-bond acceptors (Lipinski definition) is 2. The summed E-state index contributed by atoms with van der Waals surface area (Å²) in [5.74, 6) is 0.193. The maximum Gasteiger partial charge on any atom is 0.162 e. The van der Waals surface area contributed by atoms with Gasteiger partial charge in [0.2, 0.25) is 0 Å². The van der Waals surface area contributed by atoms with Gasteiger partial charge in [0.15, 0.2) is 5.78 Å². The highest BCUT2D eigenvalue weighted by Crippen LogP contribution is 2.19. The van der Waals surface area contributed by atoms with Gasteiger partial charge >= 0.3 is 0 Å². The van der Waals surface area contributed by atoms with Gasteiger partial charge in [-0.25, -0.2) is 0 Å². The Kier molecular flexibility index (Phi) is 7.02. The molecule has 0 heterocycles. The van der Waals surface area contributed by atoms with E-state index in [0.29, 0.717) is 12.1 Å². The number of nitrogens with two attached hydrogens (primary N) is 1. The summed E-state index contributed by atoms with van der Waals surface area (Å²) in [6.45, 7) is 2.21. The molecule has 0 spiro atoms. The molecule has 3 heteroatoms. The van der Waals surface area contributed by atoms with E-state index >= 15 is 0 Å². The van der Waals surface area contributed by atoms with E-state index < -0.39 is 0 Å². The number of rotatable bonds is 8. The number of unbranched alkanes of at least 4 members (excludes halogenated alkanes) is 5. The molecule has 1 aromatic rings. The zero-order chi connectivity index (χ0) is 13.4. The van der Waals surface area contributed by atoms with E-state index in [2.05, 4.69) is 22.9 Å². The first-order chi connectivity index (χ1) is 8.63. The van der Waals surface area contributed by atoms with Crippen molar-refractivity contribution in [2.45, 2.75) is 51.9 Å². The van der Waals surface area contributed by atoms with Crippen molar-refractivity contribution < 1.29 is 4.79 Å². The number of halogens is 1. The Bertz CT molecular complexity index is 370. The lowest BCUT2D eigenvalue weighted by molar-refractivity contribution is 0.0979. The lowest BCUT2D eigenvalue weighted by atomic mass is 10.0. The number of carbonyl (C=O) groups excluding carboxylic acids is 1. The van der Waals surface area contributed by atoms with Crippen molar-refractivity contribution in [3.05, 3.63) is 28.2 Å². The maximum atomic E-state index is 12.0. The summed E-state index contributed by atoms with van der Waals surface area (Å²) in [4.78, 5) is 12.0. The Balaban J connectivity index is 2.32. The molecule has 0 fully saturated rings. The number of benzene rings is 1. The Morgan fingerprint density at radius 3 is 2.44 bits per heavy atom. The summed E-state index contributed by atoms with van der Waals surface area (Å²) >= 11 is 3.36. The average molecular weight is 312 g/mol. The monoisotopic (exact) mass is 311 g/mol. The fourth-order valence-electron chi connectivity index (χ4n) is 1.98. The van der Waals surface area contributed by atoms with E-state index in [0.717, 1.165) is 22.9 Å². The standard InChI is InChI=1S/C15H22BrNO/c1-2-3-4-5-6-7-8-15(18)12-9-13(16)11-14(17)10-12/h9-11H,2-8,17H2,1H3. The van der Waals surface area contributed by atoms with Crippen LogP contribution in [0.5, 0.6) is 0 Å². The molecule has 18 heavy (non-hydrogen) atoms. The summed E-state index contributed by atoms with van der Waals surface area (Å²) in [5.41, 5.74) is 7.08. The Hall–Kier alpha value is -0.830. The van der Waals surface area contributed by atoms with Gasteiger partial charge in [-0.15, -0.1) is 0 Å². The average Bonchev–Trinajstić information content (AvgIpc) is 2.32. The highest BCUT2D eigenvalue weighted by atomic mass is 79.9. The van der Waals surface area contributed by atoms with Crippen LogP contribution in [-0.4, -0.2) is 5.78 Å². The normalized spacial score (nSPS) is 10.6. The third-order valence-electron chi connectivity index (χ3n) is 3.00. The topological polar surface area (TPSA) is 43.1 Å². The van der Waals surface area contributed by atoms with E-state index in [9.17, 15) is 4.79 Å². The summed E-state index contributed by atoms with van der Waals surface area (Å²) in [6, 6.07) is 5.40. The zero-order valence-corrected chi connectivity index (χ0v) is 12.6. The van der Waals surface area contributed by atoms with Gasteiger partial charge < -0.3 is 5.73 Å². The van der Waals surface area contributed by atoms with Crippen LogP contribution in [-0.2, 0) is 0 Å². The lowest BCUT2D eigenvalue weighted by Gasteiger charge is -2.04. The van der Waals surface area contributed by atoms with E-state index in [1.807, 2.05) is 12.1 Å².